The van der Waals surface area contributed by atoms with Crippen LogP contribution in [0.3, 0.4) is 0 Å². The summed E-state index contributed by atoms with van der Waals surface area (Å²) in [5, 5.41) is 19.5. The summed E-state index contributed by atoms with van der Waals surface area (Å²) in [7, 11) is 0. The molecule has 112 valence electrons. The number of carbonyl (C=O) groups excluding carboxylic acids is 1. The third-order valence-corrected chi connectivity index (χ3v) is 2.93. The molecule has 5 nitrogen and oxygen atoms in total. The van der Waals surface area contributed by atoms with Gasteiger partial charge < -0.3 is 19.7 Å². The number of hydrogen-bond donors (Lipinski definition) is 2. The van der Waals surface area contributed by atoms with Crippen LogP contribution < -0.4 is 0 Å². The summed E-state index contributed by atoms with van der Waals surface area (Å²) in [5.41, 5.74) is 1.03. The lowest BCUT2D eigenvalue weighted by Crippen LogP contribution is -2.40. The van der Waals surface area contributed by atoms with E-state index in [0.29, 0.717) is 6.61 Å². The van der Waals surface area contributed by atoms with E-state index in [1.54, 1.807) is 13.8 Å². The fraction of sp³-hybridized carbons (Fsp3) is 0.533. The van der Waals surface area contributed by atoms with Gasteiger partial charge in [0, 0.05) is 5.92 Å². The van der Waals surface area contributed by atoms with Crippen LogP contribution in [0, 0.1) is 5.92 Å². The molecule has 3 atom stereocenters. The number of carbonyl (C=O) groups is 1. The van der Waals surface area contributed by atoms with Crippen molar-refractivity contribution in [2.45, 2.75) is 32.7 Å². The Morgan fingerprint density at radius 3 is 2.50 bits per heavy atom. The molecule has 0 aliphatic heterocycles. The molecule has 0 spiro atoms. The van der Waals surface area contributed by atoms with Gasteiger partial charge in [-0.25, -0.2) is 4.79 Å². The maximum absolute atomic E-state index is 11.3. The molecule has 0 aliphatic carbocycles. The van der Waals surface area contributed by atoms with Crippen molar-refractivity contribution in [1.82, 2.24) is 0 Å². The molecule has 0 saturated heterocycles. The number of hydrogen-bond acceptors (Lipinski definition) is 5. The van der Waals surface area contributed by atoms with E-state index in [1.165, 1.54) is 0 Å². The second kappa shape index (κ2) is 8.68. The molecule has 0 heterocycles. The number of esters is 1. The Morgan fingerprint density at radius 1 is 1.25 bits per heavy atom. The van der Waals surface area contributed by atoms with Gasteiger partial charge in [0.25, 0.3) is 0 Å². The van der Waals surface area contributed by atoms with Gasteiger partial charge in [0.2, 0.25) is 0 Å². The zero-order valence-corrected chi connectivity index (χ0v) is 11.9. The minimum absolute atomic E-state index is 0.168. The Balaban J connectivity index is 2.34. The Kier molecular flexibility index (Phi) is 7.22. The third-order valence-electron chi connectivity index (χ3n) is 2.93. The van der Waals surface area contributed by atoms with Crippen LogP contribution in [0.1, 0.15) is 19.4 Å². The first-order valence-electron chi connectivity index (χ1n) is 6.70. The van der Waals surface area contributed by atoms with Gasteiger partial charge in [-0.15, -0.1) is 0 Å². The van der Waals surface area contributed by atoms with Crippen LogP contribution in [-0.2, 0) is 20.9 Å². The van der Waals surface area contributed by atoms with Crippen LogP contribution in [0.15, 0.2) is 30.3 Å². The second-order valence-corrected chi connectivity index (χ2v) is 4.67. The molecule has 1 aromatic rings. The lowest BCUT2D eigenvalue weighted by atomic mass is 10.0. The molecule has 1 rings (SSSR count). The smallest absolute Gasteiger partial charge is 0.337 e. The Hall–Kier alpha value is -1.43. The van der Waals surface area contributed by atoms with Crippen molar-refractivity contribution in [2.75, 3.05) is 13.2 Å². The summed E-state index contributed by atoms with van der Waals surface area (Å²) in [6, 6.07) is 9.64. The Morgan fingerprint density at radius 2 is 1.90 bits per heavy atom. The number of aliphatic hydroxyl groups is 2. The molecule has 2 N–H and O–H groups in total. The second-order valence-electron chi connectivity index (χ2n) is 4.67. The zero-order chi connectivity index (χ0) is 15.0. The molecule has 0 saturated carbocycles. The molecular weight excluding hydrogens is 260 g/mol. The normalized spacial score (nSPS) is 15.4. The standard InChI is InChI=1S/C15H22O5/c1-3-20-15(18)14(17)13(16)11(2)9-19-10-12-7-5-4-6-8-12/h4-8,11,13-14,16-17H,3,9-10H2,1-2H3/t11-,13+,14-/m0/s1. The number of ether oxygens (including phenoxy) is 2. The van der Waals surface area contributed by atoms with Gasteiger partial charge in [0.15, 0.2) is 6.10 Å². The molecule has 0 aromatic heterocycles. The van der Waals surface area contributed by atoms with Crippen molar-refractivity contribution in [3.63, 3.8) is 0 Å². The topological polar surface area (TPSA) is 76.0 Å². The maximum atomic E-state index is 11.3. The first-order chi connectivity index (χ1) is 9.56. The van der Waals surface area contributed by atoms with E-state index in [9.17, 15) is 15.0 Å². The number of aliphatic hydroxyl groups excluding tert-OH is 2. The fourth-order valence-electron chi connectivity index (χ4n) is 1.71. The van der Waals surface area contributed by atoms with Crippen LogP contribution >= 0.6 is 0 Å². The van der Waals surface area contributed by atoms with E-state index in [-0.39, 0.29) is 19.1 Å². The predicted molar refractivity (Wildman–Crippen MR) is 73.9 cm³/mol. The van der Waals surface area contributed by atoms with Gasteiger partial charge >= 0.3 is 5.97 Å². The summed E-state index contributed by atoms with van der Waals surface area (Å²) >= 11 is 0. The van der Waals surface area contributed by atoms with Crippen molar-refractivity contribution in [1.29, 1.82) is 0 Å². The molecule has 5 heteroatoms. The lowest BCUT2D eigenvalue weighted by molar-refractivity contribution is -0.162. The largest absolute Gasteiger partial charge is 0.464 e. The van der Waals surface area contributed by atoms with Gasteiger partial charge in [0.1, 0.15) is 0 Å². The Labute approximate surface area is 119 Å². The van der Waals surface area contributed by atoms with Crippen LogP contribution in [0.2, 0.25) is 0 Å². The van der Waals surface area contributed by atoms with Gasteiger partial charge in [0.05, 0.1) is 25.9 Å². The molecule has 0 amide bonds. The minimum atomic E-state index is -1.54. The van der Waals surface area contributed by atoms with Crippen molar-refractivity contribution < 1.29 is 24.5 Å². The highest BCUT2D eigenvalue weighted by Gasteiger charge is 2.29. The van der Waals surface area contributed by atoms with E-state index in [1.807, 2.05) is 30.3 Å². The molecule has 0 fully saturated rings. The third kappa shape index (κ3) is 5.28. The molecular formula is C15H22O5. The number of benzene rings is 1. The van der Waals surface area contributed by atoms with Crippen LogP contribution in [0.5, 0.6) is 0 Å². The first kappa shape index (κ1) is 16.6. The van der Waals surface area contributed by atoms with E-state index in [0.717, 1.165) is 5.56 Å². The summed E-state index contributed by atoms with van der Waals surface area (Å²) < 4.78 is 10.1. The summed E-state index contributed by atoms with van der Waals surface area (Å²) in [4.78, 5) is 11.3. The Bertz CT molecular complexity index is 393. The van der Waals surface area contributed by atoms with Crippen molar-refractivity contribution >= 4 is 5.97 Å². The fourth-order valence-corrected chi connectivity index (χ4v) is 1.71. The van der Waals surface area contributed by atoms with E-state index in [4.69, 9.17) is 4.74 Å². The molecule has 0 unspecified atom stereocenters. The average molecular weight is 282 g/mol. The molecule has 0 bridgehead atoms. The molecule has 0 radical (unpaired) electrons. The molecule has 0 aliphatic rings. The van der Waals surface area contributed by atoms with Crippen LogP contribution in [-0.4, -0.2) is 41.6 Å². The SMILES string of the molecule is CCOC(=O)[C@@H](O)[C@H](O)[C@@H](C)COCc1ccccc1. The molecule has 20 heavy (non-hydrogen) atoms. The summed E-state index contributed by atoms with van der Waals surface area (Å²) in [6.45, 7) is 4.18. The maximum Gasteiger partial charge on any atom is 0.337 e. The highest BCUT2D eigenvalue weighted by molar-refractivity contribution is 5.75. The van der Waals surface area contributed by atoms with Gasteiger partial charge in [-0.3, -0.25) is 0 Å². The van der Waals surface area contributed by atoms with Crippen molar-refractivity contribution in [2.24, 2.45) is 5.92 Å². The monoisotopic (exact) mass is 282 g/mol. The average Bonchev–Trinajstić information content (AvgIpc) is 2.47. The van der Waals surface area contributed by atoms with E-state index in [2.05, 4.69) is 4.74 Å². The minimum Gasteiger partial charge on any atom is -0.464 e. The summed E-state index contributed by atoms with van der Waals surface area (Å²) in [5.74, 6) is -1.19. The van der Waals surface area contributed by atoms with Gasteiger partial charge in [-0.2, -0.15) is 0 Å². The lowest BCUT2D eigenvalue weighted by Gasteiger charge is -2.22. The zero-order valence-electron chi connectivity index (χ0n) is 11.9. The van der Waals surface area contributed by atoms with Gasteiger partial charge in [-0.05, 0) is 12.5 Å². The quantitative estimate of drug-likeness (QED) is 0.699. The first-order valence-corrected chi connectivity index (χ1v) is 6.70. The molecule has 1 aromatic carbocycles. The van der Waals surface area contributed by atoms with Gasteiger partial charge in [-0.1, -0.05) is 37.3 Å². The van der Waals surface area contributed by atoms with Crippen molar-refractivity contribution in [3.8, 4) is 0 Å². The highest BCUT2D eigenvalue weighted by atomic mass is 16.5. The number of rotatable bonds is 8. The van der Waals surface area contributed by atoms with Crippen LogP contribution in [0.4, 0.5) is 0 Å². The predicted octanol–water partition coefficient (Wildman–Crippen LogP) is 1.12. The highest BCUT2D eigenvalue weighted by Crippen LogP contribution is 2.11. The van der Waals surface area contributed by atoms with E-state index < -0.39 is 18.2 Å². The van der Waals surface area contributed by atoms with E-state index >= 15 is 0 Å². The van der Waals surface area contributed by atoms with Crippen LogP contribution in [0.25, 0.3) is 0 Å². The summed E-state index contributed by atoms with van der Waals surface area (Å²) in [6.07, 6.45) is -2.74. The van der Waals surface area contributed by atoms with Crippen molar-refractivity contribution in [3.05, 3.63) is 35.9 Å².